The molecule has 0 bridgehead atoms. The van der Waals surface area contributed by atoms with Crippen molar-refractivity contribution in [3.8, 4) is 0 Å². The molecule has 1 aliphatic rings. The summed E-state index contributed by atoms with van der Waals surface area (Å²) < 4.78 is 1.84. The van der Waals surface area contributed by atoms with E-state index in [1.54, 1.807) is 0 Å². The number of hydrogen-bond acceptors (Lipinski definition) is 2. The minimum Gasteiger partial charge on any atom is -0.396 e. The van der Waals surface area contributed by atoms with E-state index in [9.17, 15) is 5.11 Å². The molecule has 2 rings (SSSR count). The Hall–Kier alpha value is -0.540. The van der Waals surface area contributed by atoms with Crippen LogP contribution in [0.15, 0.2) is 0 Å². The van der Waals surface area contributed by atoms with Crippen molar-refractivity contribution in [2.45, 2.75) is 33.1 Å². The van der Waals surface area contributed by atoms with Gasteiger partial charge in [-0.05, 0) is 37.5 Å². The summed E-state index contributed by atoms with van der Waals surface area (Å²) in [6.07, 6.45) is 3.27. The van der Waals surface area contributed by atoms with Crippen molar-refractivity contribution in [1.82, 2.24) is 9.78 Å². The number of halogens is 1. The molecule has 1 fully saturated rings. The highest BCUT2D eigenvalue weighted by Gasteiger charge is 2.42. The Morgan fingerprint density at radius 1 is 1.56 bits per heavy atom. The second kappa shape index (κ2) is 4.04. The molecule has 1 unspecified atom stereocenters. The number of aromatic nitrogens is 2. The Morgan fingerprint density at radius 3 is 2.56 bits per heavy atom. The smallest absolute Gasteiger partial charge is 0.0847 e. The lowest BCUT2D eigenvalue weighted by Gasteiger charge is -2.27. The molecule has 0 aromatic carbocycles. The summed E-state index contributed by atoms with van der Waals surface area (Å²) in [5, 5.41) is 14.6. The monoisotopic (exact) mass is 242 g/mol. The van der Waals surface area contributed by atoms with E-state index in [0.717, 1.165) is 22.8 Å². The van der Waals surface area contributed by atoms with Crippen LogP contribution >= 0.6 is 11.6 Å². The van der Waals surface area contributed by atoms with Gasteiger partial charge in [-0.2, -0.15) is 5.10 Å². The maximum absolute atomic E-state index is 9.57. The van der Waals surface area contributed by atoms with Crippen LogP contribution in [0, 0.1) is 18.3 Å². The average Bonchev–Trinajstić information content (AvgIpc) is 3.05. The summed E-state index contributed by atoms with van der Waals surface area (Å²) in [5.41, 5.74) is 1.88. The lowest BCUT2D eigenvalue weighted by atomic mass is 9.81. The SMILES string of the molecule is Cc1nn(C)c(CC(C)(CO)C2CC2)c1Cl. The fourth-order valence-corrected chi connectivity index (χ4v) is 2.59. The Morgan fingerprint density at radius 2 is 2.19 bits per heavy atom. The molecule has 1 aromatic heterocycles. The van der Waals surface area contributed by atoms with Crippen LogP contribution in [0.5, 0.6) is 0 Å². The van der Waals surface area contributed by atoms with Gasteiger partial charge in [0.15, 0.2) is 0 Å². The number of nitrogens with zero attached hydrogens (tertiary/aromatic N) is 2. The molecule has 3 nitrogen and oxygen atoms in total. The van der Waals surface area contributed by atoms with E-state index in [1.807, 2.05) is 18.7 Å². The van der Waals surface area contributed by atoms with E-state index in [-0.39, 0.29) is 12.0 Å². The molecular formula is C12H19ClN2O. The molecule has 90 valence electrons. The summed E-state index contributed by atoms with van der Waals surface area (Å²) in [4.78, 5) is 0. The van der Waals surface area contributed by atoms with Gasteiger partial charge in [-0.25, -0.2) is 0 Å². The van der Waals surface area contributed by atoms with Crippen molar-refractivity contribution >= 4 is 11.6 Å². The third kappa shape index (κ3) is 1.98. The molecule has 1 atom stereocenters. The highest BCUT2D eigenvalue weighted by Crippen LogP contribution is 2.47. The van der Waals surface area contributed by atoms with Gasteiger partial charge in [-0.1, -0.05) is 18.5 Å². The van der Waals surface area contributed by atoms with Crippen molar-refractivity contribution < 1.29 is 5.11 Å². The van der Waals surface area contributed by atoms with E-state index < -0.39 is 0 Å². The zero-order valence-corrected chi connectivity index (χ0v) is 10.9. The number of hydrogen-bond donors (Lipinski definition) is 1. The molecule has 4 heteroatoms. The third-order valence-electron chi connectivity index (χ3n) is 3.76. The summed E-state index contributed by atoms with van der Waals surface area (Å²) in [7, 11) is 1.92. The third-order valence-corrected chi connectivity index (χ3v) is 4.25. The normalized spacial score (nSPS) is 19.8. The van der Waals surface area contributed by atoms with Gasteiger partial charge in [0, 0.05) is 13.7 Å². The predicted molar refractivity (Wildman–Crippen MR) is 64.6 cm³/mol. The largest absolute Gasteiger partial charge is 0.396 e. The van der Waals surface area contributed by atoms with Crippen LogP contribution in [-0.2, 0) is 13.5 Å². The average molecular weight is 243 g/mol. The molecule has 0 spiro atoms. The van der Waals surface area contributed by atoms with Crippen molar-refractivity contribution in [2.75, 3.05) is 6.61 Å². The number of aliphatic hydroxyl groups excluding tert-OH is 1. The Kier molecular flexibility index (Phi) is 3.01. The van der Waals surface area contributed by atoms with Gasteiger partial charge in [0.2, 0.25) is 0 Å². The Labute approximate surface area is 101 Å². The summed E-state index contributed by atoms with van der Waals surface area (Å²) in [6, 6.07) is 0. The topological polar surface area (TPSA) is 38.0 Å². The van der Waals surface area contributed by atoms with Crippen LogP contribution in [0.3, 0.4) is 0 Å². The van der Waals surface area contributed by atoms with E-state index in [1.165, 1.54) is 12.8 Å². The Balaban J connectivity index is 2.25. The van der Waals surface area contributed by atoms with E-state index in [4.69, 9.17) is 11.6 Å². The lowest BCUT2D eigenvalue weighted by Crippen LogP contribution is -2.28. The zero-order chi connectivity index (χ0) is 11.9. The number of aliphatic hydroxyl groups is 1. The van der Waals surface area contributed by atoms with Gasteiger partial charge in [0.05, 0.1) is 16.4 Å². The summed E-state index contributed by atoms with van der Waals surface area (Å²) >= 11 is 6.24. The minimum atomic E-state index is -0.0378. The van der Waals surface area contributed by atoms with E-state index in [2.05, 4.69) is 12.0 Å². The molecule has 1 saturated carbocycles. The molecule has 0 aliphatic heterocycles. The standard InChI is InChI=1S/C12H19ClN2O/c1-8-11(13)10(15(3)14-8)6-12(2,7-16)9-4-5-9/h9,16H,4-7H2,1-3H3. The van der Waals surface area contributed by atoms with Crippen LogP contribution in [-0.4, -0.2) is 21.5 Å². The van der Waals surface area contributed by atoms with Gasteiger partial charge < -0.3 is 5.11 Å². The number of rotatable bonds is 4. The maximum atomic E-state index is 9.57. The summed E-state index contributed by atoms with van der Waals surface area (Å²) in [6.45, 7) is 4.28. The van der Waals surface area contributed by atoms with Gasteiger partial charge in [0.25, 0.3) is 0 Å². The van der Waals surface area contributed by atoms with Crippen LogP contribution in [0.4, 0.5) is 0 Å². The summed E-state index contributed by atoms with van der Waals surface area (Å²) in [5.74, 6) is 0.642. The van der Waals surface area contributed by atoms with Crippen LogP contribution in [0.25, 0.3) is 0 Å². The molecule has 16 heavy (non-hydrogen) atoms. The van der Waals surface area contributed by atoms with Crippen molar-refractivity contribution in [1.29, 1.82) is 0 Å². The van der Waals surface area contributed by atoms with E-state index >= 15 is 0 Å². The van der Waals surface area contributed by atoms with E-state index in [0.29, 0.717) is 5.92 Å². The van der Waals surface area contributed by atoms with Gasteiger partial charge in [0.1, 0.15) is 0 Å². The molecule has 1 aromatic rings. The zero-order valence-electron chi connectivity index (χ0n) is 10.1. The maximum Gasteiger partial charge on any atom is 0.0847 e. The minimum absolute atomic E-state index is 0.0378. The lowest BCUT2D eigenvalue weighted by molar-refractivity contribution is 0.117. The van der Waals surface area contributed by atoms with Gasteiger partial charge >= 0.3 is 0 Å². The molecule has 0 amide bonds. The highest BCUT2D eigenvalue weighted by atomic mass is 35.5. The number of aryl methyl sites for hydroxylation is 2. The van der Waals surface area contributed by atoms with Crippen LogP contribution in [0.2, 0.25) is 5.02 Å². The van der Waals surface area contributed by atoms with Crippen LogP contribution in [0.1, 0.15) is 31.2 Å². The molecule has 1 aliphatic carbocycles. The second-order valence-corrected chi connectivity index (χ2v) is 5.61. The fourth-order valence-electron chi connectivity index (χ4n) is 2.36. The van der Waals surface area contributed by atoms with Crippen molar-refractivity contribution in [3.63, 3.8) is 0 Å². The van der Waals surface area contributed by atoms with Crippen molar-refractivity contribution in [2.24, 2.45) is 18.4 Å². The first-order chi connectivity index (χ1) is 7.48. The molecular weight excluding hydrogens is 224 g/mol. The first kappa shape index (κ1) is 11.9. The highest BCUT2D eigenvalue weighted by molar-refractivity contribution is 6.31. The molecule has 1 N–H and O–H groups in total. The van der Waals surface area contributed by atoms with Crippen LogP contribution < -0.4 is 0 Å². The van der Waals surface area contributed by atoms with Crippen molar-refractivity contribution in [3.05, 3.63) is 16.4 Å². The van der Waals surface area contributed by atoms with Gasteiger partial charge in [-0.15, -0.1) is 0 Å². The molecule has 0 saturated heterocycles. The second-order valence-electron chi connectivity index (χ2n) is 5.23. The first-order valence-corrected chi connectivity index (χ1v) is 6.14. The first-order valence-electron chi connectivity index (χ1n) is 5.77. The molecule has 1 heterocycles. The fraction of sp³-hybridized carbons (Fsp3) is 0.750. The molecule has 0 radical (unpaired) electrons. The quantitative estimate of drug-likeness (QED) is 0.880. The Bertz CT molecular complexity index is 398. The van der Waals surface area contributed by atoms with Gasteiger partial charge in [-0.3, -0.25) is 4.68 Å². The predicted octanol–water partition coefficient (Wildman–Crippen LogP) is 2.33.